The number of hydrogen-bond acceptors (Lipinski definition) is 3. The van der Waals surface area contributed by atoms with E-state index in [-0.39, 0.29) is 5.91 Å². The summed E-state index contributed by atoms with van der Waals surface area (Å²) in [6.45, 7) is 5.37. The highest BCUT2D eigenvalue weighted by molar-refractivity contribution is 7.99. The van der Waals surface area contributed by atoms with Crippen LogP contribution in [0.4, 0.5) is 5.69 Å². The molecule has 0 radical (unpaired) electrons. The van der Waals surface area contributed by atoms with Crippen molar-refractivity contribution >= 4 is 23.4 Å². The third kappa shape index (κ3) is 2.33. The van der Waals surface area contributed by atoms with Crippen LogP contribution >= 0.6 is 11.8 Å². The van der Waals surface area contributed by atoms with Gasteiger partial charge in [-0.25, -0.2) is 0 Å². The maximum atomic E-state index is 12.1. The Kier molecular flexibility index (Phi) is 3.74. The SMILES string of the molecule is Cc1ccc(C)c2c1SCCN2C(=O)CCN. The number of hydrogen-bond donors (Lipinski definition) is 1. The van der Waals surface area contributed by atoms with Crippen LogP contribution in [0.5, 0.6) is 0 Å². The summed E-state index contributed by atoms with van der Waals surface area (Å²) in [7, 11) is 0. The average Bonchev–Trinajstić information content (AvgIpc) is 2.34. The number of anilines is 1. The molecule has 0 fully saturated rings. The number of benzene rings is 1. The third-order valence-electron chi connectivity index (χ3n) is 3.02. The van der Waals surface area contributed by atoms with Gasteiger partial charge in [0.2, 0.25) is 5.91 Å². The molecule has 0 saturated carbocycles. The van der Waals surface area contributed by atoms with Gasteiger partial charge in [-0.3, -0.25) is 4.79 Å². The molecule has 1 amide bonds. The predicted molar refractivity (Wildman–Crippen MR) is 72.7 cm³/mol. The second-order valence-corrected chi connectivity index (χ2v) is 5.41. The summed E-state index contributed by atoms with van der Waals surface area (Å²) in [5.41, 5.74) is 8.99. The minimum Gasteiger partial charge on any atom is -0.330 e. The summed E-state index contributed by atoms with van der Waals surface area (Å²) in [4.78, 5) is 15.2. The van der Waals surface area contributed by atoms with E-state index in [0.29, 0.717) is 13.0 Å². The fraction of sp³-hybridized carbons (Fsp3) is 0.462. The van der Waals surface area contributed by atoms with E-state index in [2.05, 4.69) is 26.0 Å². The molecule has 1 aromatic carbocycles. The molecule has 0 unspecified atom stereocenters. The van der Waals surface area contributed by atoms with Gasteiger partial charge in [-0.05, 0) is 25.0 Å². The first-order valence-electron chi connectivity index (χ1n) is 5.88. The topological polar surface area (TPSA) is 46.3 Å². The molecule has 0 aliphatic carbocycles. The summed E-state index contributed by atoms with van der Waals surface area (Å²) in [6, 6.07) is 4.21. The van der Waals surface area contributed by atoms with E-state index in [9.17, 15) is 4.79 Å². The van der Waals surface area contributed by atoms with Crippen LogP contribution in [0.3, 0.4) is 0 Å². The summed E-state index contributed by atoms with van der Waals surface area (Å²) < 4.78 is 0. The summed E-state index contributed by atoms with van der Waals surface area (Å²) in [5, 5.41) is 0. The van der Waals surface area contributed by atoms with Gasteiger partial charge >= 0.3 is 0 Å². The van der Waals surface area contributed by atoms with Crippen molar-refractivity contribution < 1.29 is 4.79 Å². The second-order valence-electron chi connectivity index (χ2n) is 4.31. The lowest BCUT2D eigenvalue weighted by Gasteiger charge is -2.31. The molecule has 0 spiro atoms. The molecule has 4 heteroatoms. The van der Waals surface area contributed by atoms with Gasteiger partial charge in [0.25, 0.3) is 0 Å². The minimum absolute atomic E-state index is 0.141. The van der Waals surface area contributed by atoms with Crippen molar-refractivity contribution in [2.45, 2.75) is 25.2 Å². The fourth-order valence-corrected chi connectivity index (χ4v) is 3.33. The molecule has 0 saturated heterocycles. The van der Waals surface area contributed by atoms with E-state index in [4.69, 9.17) is 5.73 Å². The zero-order valence-electron chi connectivity index (χ0n) is 10.3. The van der Waals surface area contributed by atoms with E-state index in [1.807, 2.05) is 16.7 Å². The predicted octanol–water partition coefficient (Wildman–Crippen LogP) is 2.09. The molecule has 0 bridgehead atoms. The first kappa shape index (κ1) is 12.5. The van der Waals surface area contributed by atoms with Crippen molar-refractivity contribution in [1.29, 1.82) is 0 Å². The molecule has 17 heavy (non-hydrogen) atoms. The van der Waals surface area contributed by atoms with Crippen molar-refractivity contribution in [3.63, 3.8) is 0 Å². The number of carbonyl (C=O) groups is 1. The van der Waals surface area contributed by atoms with Crippen LogP contribution in [0, 0.1) is 13.8 Å². The highest BCUT2D eigenvalue weighted by atomic mass is 32.2. The standard InChI is InChI=1S/C13H18N2OS/c1-9-3-4-10(2)13-12(9)15(7-8-17-13)11(16)5-6-14/h3-4H,5-8,14H2,1-2H3. The molecule has 2 rings (SSSR count). The number of fused-ring (bicyclic) bond motifs is 1. The number of amides is 1. The lowest BCUT2D eigenvalue weighted by molar-refractivity contribution is -0.118. The third-order valence-corrected chi connectivity index (χ3v) is 4.21. The van der Waals surface area contributed by atoms with Crippen molar-refractivity contribution in [1.82, 2.24) is 0 Å². The zero-order valence-corrected chi connectivity index (χ0v) is 11.1. The van der Waals surface area contributed by atoms with E-state index in [1.54, 1.807) is 0 Å². The number of thioether (sulfide) groups is 1. The van der Waals surface area contributed by atoms with Crippen LogP contribution in [-0.4, -0.2) is 24.7 Å². The molecule has 92 valence electrons. The highest BCUT2D eigenvalue weighted by Gasteiger charge is 2.25. The Hall–Kier alpha value is -1.00. The summed E-state index contributed by atoms with van der Waals surface area (Å²) in [6.07, 6.45) is 0.428. The Labute approximate surface area is 106 Å². The van der Waals surface area contributed by atoms with Gasteiger partial charge in [-0.2, -0.15) is 0 Å². The van der Waals surface area contributed by atoms with Gasteiger partial charge in [0.1, 0.15) is 0 Å². The van der Waals surface area contributed by atoms with Gasteiger partial charge in [0.15, 0.2) is 0 Å². The molecule has 0 atom stereocenters. The summed E-state index contributed by atoms with van der Waals surface area (Å²) >= 11 is 1.84. The molecule has 3 nitrogen and oxygen atoms in total. The molecule has 0 aromatic heterocycles. The number of nitrogens with two attached hydrogens (primary N) is 1. The minimum atomic E-state index is 0.141. The normalized spacial score (nSPS) is 14.6. The molecule has 1 heterocycles. The lowest BCUT2D eigenvalue weighted by atomic mass is 10.1. The Morgan fingerprint density at radius 3 is 2.82 bits per heavy atom. The maximum Gasteiger partial charge on any atom is 0.228 e. The zero-order chi connectivity index (χ0) is 12.4. The molecule has 2 N–H and O–H groups in total. The maximum absolute atomic E-state index is 12.1. The summed E-state index contributed by atoms with van der Waals surface area (Å²) in [5.74, 6) is 1.11. The van der Waals surface area contributed by atoms with Gasteiger partial charge in [0.05, 0.1) is 5.69 Å². The van der Waals surface area contributed by atoms with Gasteiger partial charge in [-0.1, -0.05) is 12.1 Å². The average molecular weight is 250 g/mol. The molecular formula is C13H18N2OS. The molecular weight excluding hydrogens is 232 g/mol. The molecule has 1 aliphatic rings. The van der Waals surface area contributed by atoms with E-state index in [0.717, 1.165) is 18.0 Å². The van der Waals surface area contributed by atoms with Gasteiger partial charge in [0, 0.05) is 30.2 Å². The van der Waals surface area contributed by atoms with Gasteiger partial charge < -0.3 is 10.6 Å². The Balaban J connectivity index is 2.43. The number of aryl methyl sites for hydroxylation is 2. The van der Waals surface area contributed by atoms with Crippen LogP contribution in [0.2, 0.25) is 0 Å². The van der Waals surface area contributed by atoms with Crippen molar-refractivity contribution in [2.75, 3.05) is 23.7 Å². The quantitative estimate of drug-likeness (QED) is 0.874. The highest BCUT2D eigenvalue weighted by Crippen LogP contribution is 2.39. The van der Waals surface area contributed by atoms with Crippen LogP contribution in [-0.2, 0) is 4.79 Å². The van der Waals surface area contributed by atoms with Crippen LogP contribution in [0.25, 0.3) is 0 Å². The first-order valence-corrected chi connectivity index (χ1v) is 6.87. The molecule has 1 aromatic rings. The van der Waals surface area contributed by atoms with Crippen LogP contribution in [0.15, 0.2) is 17.0 Å². The molecule has 1 aliphatic heterocycles. The lowest BCUT2D eigenvalue weighted by Crippen LogP contribution is -2.37. The number of carbonyl (C=O) groups excluding carboxylic acids is 1. The Morgan fingerprint density at radius 1 is 1.41 bits per heavy atom. The van der Waals surface area contributed by atoms with Gasteiger partial charge in [-0.15, -0.1) is 11.8 Å². The largest absolute Gasteiger partial charge is 0.330 e. The second kappa shape index (κ2) is 5.10. The Bertz CT molecular complexity index is 445. The first-order chi connectivity index (χ1) is 8.15. The van der Waals surface area contributed by atoms with Crippen molar-refractivity contribution in [3.8, 4) is 0 Å². The van der Waals surface area contributed by atoms with Crippen LogP contribution < -0.4 is 10.6 Å². The fourth-order valence-electron chi connectivity index (χ4n) is 2.15. The van der Waals surface area contributed by atoms with E-state index < -0.39 is 0 Å². The van der Waals surface area contributed by atoms with E-state index >= 15 is 0 Å². The van der Waals surface area contributed by atoms with Crippen LogP contribution in [0.1, 0.15) is 17.5 Å². The number of nitrogens with zero attached hydrogens (tertiary/aromatic N) is 1. The smallest absolute Gasteiger partial charge is 0.228 e. The van der Waals surface area contributed by atoms with E-state index in [1.165, 1.54) is 16.0 Å². The number of rotatable bonds is 2. The van der Waals surface area contributed by atoms with Crippen molar-refractivity contribution in [2.24, 2.45) is 5.73 Å². The Morgan fingerprint density at radius 2 is 2.12 bits per heavy atom. The van der Waals surface area contributed by atoms with Crippen molar-refractivity contribution in [3.05, 3.63) is 23.3 Å². The monoisotopic (exact) mass is 250 g/mol.